The van der Waals surface area contributed by atoms with E-state index in [1.54, 1.807) is 24.1 Å². The summed E-state index contributed by atoms with van der Waals surface area (Å²) >= 11 is 7.90. The molecule has 3 amide bonds. The van der Waals surface area contributed by atoms with Crippen LogP contribution in [-0.2, 0) is 14.4 Å². The number of aromatic nitrogens is 1. The summed E-state index contributed by atoms with van der Waals surface area (Å²) in [6, 6.07) is 18.6. The topological polar surface area (TPSA) is 122 Å². The molecule has 1 atom stereocenters. The number of carbonyl (C=O) groups is 3. The van der Waals surface area contributed by atoms with Crippen molar-refractivity contribution in [3.8, 4) is 22.1 Å². The summed E-state index contributed by atoms with van der Waals surface area (Å²) in [4.78, 5) is 46.5. The Kier molecular flexibility index (Phi) is 9.44. The average molecular weight is 662 g/mol. The number of thiazole rings is 1. The Hall–Kier alpha value is -4.19. The highest BCUT2D eigenvalue weighted by Gasteiger charge is 2.46. The van der Waals surface area contributed by atoms with Crippen LogP contribution in [0.15, 0.2) is 60.7 Å². The SMILES string of the molecule is CCNCCOc1ccc2c(c1)[C@@H](C(=O)N1CCC(Oc3ccccc3-c3nc4cccc(Cl)c4s3)(C(=O)NC)CC1)CC(=O)N2. The number of halogens is 1. The van der Waals surface area contributed by atoms with Crippen LogP contribution in [0.5, 0.6) is 11.5 Å². The van der Waals surface area contributed by atoms with E-state index in [0.717, 1.165) is 32.9 Å². The molecule has 0 bridgehead atoms. The number of carbonyl (C=O) groups excluding carboxylic acids is 3. The van der Waals surface area contributed by atoms with E-state index in [4.69, 9.17) is 26.1 Å². The second kappa shape index (κ2) is 13.7. The predicted molar refractivity (Wildman–Crippen MR) is 180 cm³/mol. The highest BCUT2D eigenvalue weighted by atomic mass is 35.5. The molecule has 1 fully saturated rings. The van der Waals surface area contributed by atoms with Gasteiger partial charge in [0.05, 0.1) is 26.7 Å². The molecule has 0 aliphatic carbocycles. The van der Waals surface area contributed by atoms with Gasteiger partial charge in [0.1, 0.15) is 23.1 Å². The van der Waals surface area contributed by atoms with Crippen LogP contribution in [0, 0.1) is 0 Å². The minimum absolute atomic E-state index is 0.0415. The summed E-state index contributed by atoms with van der Waals surface area (Å²) in [5.74, 6) is -0.104. The number of likely N-dealkylation sites (tertiary alicyclic amines) is 1. The fraction of sp³-hybridized carbons (Fsp3) is 0.353. The Morgan fingerprint density at radius 2 is 1.93 bits per heavy atom. The molecule has 1 saturated heterocycles. The lowest BCUT2D eigenvalue weighted by Crippen LogP contribution is -2.58. The fourth-order valence-electron chi connectivity index (χ4n) is 6.05. The average Bonchev–Trinajstić information content (AvgIpc) is 3.52. The molecule has 3 aromatic carbocycles. The van der Waals surface area contributed by atoms with E-state index in [9.17, 15) is 14.4 Å². The zero-order valence-corrected chi connectivity index (χ0v) is 27.3. The van der Waals surface area contributed by atoms with Crippen molar-refractivity contribution in [2.24, 2.45) is 0 Å². The van der Waals surface area contributed by atoms with Crippen molar-refractivity contribution in [3.63, 3.8) is 0 Å². The molecule has 240 valence electrons. The van der Waals surface area contributed by atoms with Gasteiger partial charge in [-0.1, -0.05) is 36.7 Å². The van der Waals surface area contributed by atoms with Gasteiger partial charge in [0.25, 0.3) is 5.91 Å². The normalized spacial score (nSPS) is 17.2. The zero-order valence-electron chi connectivity index (χ0n) is 25.7. The number of nitrogens with zero attached hydrogens (tertiary/aromatic N) is 2. The van der Waals surface area contributed by atoms with Gasteiger partial charge in [-0.25, -0.2) is 4.98 Å². The van der Waals surface area contributed by atoms with Crippen molar-refractivity contribution in [2.45, 2.75) is 37.7 Å². The Morgan fingerprint density at radius 1 is 1.13 bits per heavy atom. The molecule has 0 spiro atoms. The minimum atomic E-state index is -1.20. The van der Waals surface area contributed by atoms with Crippen LogP contribution in [0.2, 0.25) is 5.02 Å². The molecule has 0 saturated carbocycles. The van der Waals surface area contributed by atoms with E-state index in [2.05, 4.69) is 16.0 Å². The predicted octanol–water partition coefficient (Wildman–Crippen LogP) is 5.22. The first-order valence-electron chi connectivity index (χ1n) is 15.4. The summed E-state index contributed by atoms with van der Waals surface area (Å²) in [5, 5.41) is 10.2. The van der Waals surface area contributed by atoms with Gasteiger partial charge in [0.15, 0.2) is 5.60 Å². The van der Waals surface area contributed by atoms with Gasteiger partial charge in [-0.15, -0.1) is 11.3 Å². The number of hydrogen-bond acceptors (Lipinski definition) is 8. The number of amides is 3. The van der Waals surface area contributed by atoms with Crippen molar-refractivity contribution in [1.29, 1.82) is 0 Å². The van der Waals surface area contributed by atoms with Crippen molar-refractivity contribution < 1.29 is 23.9 Å². The Balaban J connectivity index is 1.21. The molecule has 3 heterocycles. The molecule has 3 N–H and O–H groups in total. The number of para-hydroxylation sites is 1. The number of fused-ring (bicyclic) bond motifs is 2. The Bertz CT molecular complexity index is 1770. The lowest BCUT2D eigenvalue weighted by Gasteiger charge is -2.42. The molecular weight excluding hydrogens is 626 g/mol. The third kappa shape index (κ3) is 6.40. The lowest BCUT2D eigenvalue weighted by atomic mass is 9.86. The van der Waals surface area contributed by atoms with E-state index in [-0.39, 0.29) is 50.1 Å². The monoisotopic (exact) mass is 661 g/mol. The molecule has 4 aromatic rings. The first kappa shape index (κ1) is 31.8. The van der Waals surface area contributed by atoms with Gasteiger partial charge < -0.3 is 30.3 Å². The van der Waals surface area contributed by atoms with Gasteiger partial charge in [-0.05, 0) is 54.6 Å². The van der Waals surface area contributed by atoms with Crippen LogP contribution in [0.1, 0.15) is 37.7 Å². The van der Waals surface area contributed by atoms with E-state index >= 15 is 0 Å². The highest BCUT2D eigenvalue weighted by Crippen LogP contribution is 2.42. The molecule has 2 aliphatic heterocycles. The lowest BCUT2D eigenvalue weighted by molar-refractivity contribution is -0.147. The number of rotatable bonds is 10. The number of anilines is 1. The number of ether oxygens (including phenoxy) is 2. The van der Waals surface area contributed by atoms with Crippen LogP contribution in [0.25, 0.3) is 20.8 Å². The van der Waals surface area contributed by atoms with Gasteiger partial charge >= 0.3 is 0 Å². The highest BCUT2D eigenvalue weighted by molar-refractivity contribution is 7.22. The molecule has 1 aromatic heterocycles. The quantitative estimate of drug-likeness (QED) is 0.199. The number of piperidine rings is 1. The van der Waals surface area contributed by atoms with Gasteiger partial charge in [0.2, 0.25) is 11.8 Å². The Labute approximate surface area is 276 Å². The summed E-state index contributed by atoms with van der Waals surface area (Å²) in [6.07, 6.45) is 0.593. The molecule has 6 rings (SSSR count). The second-order valence-electron chi connectivity index (χ2n) is 11.4. The van der Waals surface area contributed by atoms with Gasteiger partial charge in [-0.3, -0.25) is 14.4 Å². The van der Waals surface area contributed by atoms with E-state index in [1.165, 1.54) is 11.3 Å². The van der Waals surface area contributed by atoms with E-state index < -0.39 is 11.5 Å². The van der Waals surface area contributed by atoms with E-state index in [0.29, 0.717) is 35.4 Å². The summed E-state index contributed by atoms with van der Waals surface area (Å²) in [5.41, 5.74) is 1.69. The fourth-order valence-corrected chi connectivity index (χ4v) is 7.34. The third-order valence-electron chi connectivity index (χ3n) is 8.47. The summed E-state index contributed by atoms with van der Waals surface area (Å²) in [6.45, 7) is 4.65. The van der Waals surface area contributed by atoms with E-state index in [1.807, 2.05) is 55.5 Å². The van der Waals surface area contributed by atoms with Crippen molar-refractivity contribution in [2.75, 3.05) is 45.2 Å². The molecule has 0 radical (unpaired) electrons. The smallest absolute Gasteiger partial charge is 0.264 e. The number of likely N-dealkylation sites (N-methyl/N-ethyl adjacent to an activating group) is 2. The van der Waals surface area contributed by atoms with Crippen molar-refractivity contribution >= 4 is 56.6 Å². The second-order valence-corrected chi connectivity index (χ2v) is 12.8. The first-order valence-corrected chi connectivity index (χ1v) is 16.6. The maximum Gasteiger partial charge on any atom is 0.264 e. The van der Waals surface area contributed by atoms with Crippen LogP contribution >= 0.6 is 22.9 Å². The summed E-state index contributed by atoms with van der Waals surface area (Å²) in [7, 11) is 1.59. The zero-order chi connectivity index (χ0) is 32.3. The molecule has 46 heavy (non-hydrogen) atoms. The number of nitrogens with one attached hydrogen (secondary N) is 3. The van der Waals surface area contributed by atoms with Gasteiger partial charge in [-0.2, -0.15) is 0 Å². The van der Waals surface area contributed by atoms with Crippen LogP contribution in [0.3, 0.4) is 0 Å². The Morgan fingerprint density at radius 3 is 2.70 bits per heavy atom. The van der Waals surface area contributed by atoms with Crippen molar-refractivity contribution in [1.82, 2.24) is 20.5 Å². The summed E-state index contributed by atoms with van der Waals surface area (Å²) < 4.78 is 13.4. The molecule has 10 nitrogen and oxygen atoms in total. The van der Waals surface area contributed by atoms with Crippen molar-refractivity contribution in [3.05, 3.63) is 71.2 Å². The number of benzene rings is 3. The standard InChI is InChI=1S/C34H36ClN5O5S/c1-3-37-15-18-44-21-11-12-26-23(19-21)24(20-29(41)38-26)32(42)40-16-13-34(14-17-40,33(43)36-2)45-28-10-5-4-7-22(28)31-39-27-9-6-8-25(35)30(27)46-31/h4-12,19,24,37H,3,13-18,20H2,1-2H3,(H,36,43)(H,38,41)/t24-/m0/s1. The third-order valence-corrected chi connectivity index (χ3v) is 10.0. The van der Waals surface area contributed by atoms with Crippen LogP contribution in [-0.4, -0.2) is 73.0 Å². The first-order chi connectivity index (χ1) is 22.3. The minimum Gasteiger partial charge on any atom is -0.492 e. The van der Waals surface area contributed by atoms with Crippen LogP contribution < -0.4 is 25.4 Å². The molecule has 2 aliphatic rings. The molecular formula is C34H36ClN5O5S. The largest absolute Gasteiger partial charge is 0.492 e. The van der Waals surface area contributed by atoms with Crippen LogP contribution in [0.4, 0.5) is 5.69 Å². The van der Waals surface area contributed by atoms with Gasteiger partial charge in [0, 0.05) is 51.6 Å². The molecule has 0 unspecified atom stereocenters. The maximum absolute atomic E-state index is 14.0. The maximum atomic E-state index is 14.0. The number of hydrogen-bond donors (Lipinski definition) is 3. The molecule has 12 heteroatoms.